The molecule has 0 bridgehead atoms. The quantitative estimate of drug-likeness (QED) is 0.352. The molecule has 1 unspecified atom stereocenters. The molecule has 0 N–H and O–H groups in total. The summed E-state index contributed by atoms with van der Waals surface area (Å²) in [7, 11) is 0. The molecule has 21 heavy (non-hydrogen) atoms. The molecule has 7 heteroatoms. The molecule has 0 aromatic carbocycles. The van der Waals surface area contributed by atoms with Crippen molar-refractivity contribution >= 4 is 11.9 Å². The molecule has 4 nitrogen and oxygen atoms in total. The fourth-order valence-electron chi connectivity index (χ4n) is 1.35. The van der Waals surface area contributed by atoms with E-state index in [1.165, 1.54) is 0 Å². The van der Waals surface area contributed by atoms with Crippen LogP contribution in [0.15, 0.2) is 12.7 Å². The number of esters is 2. The molecule has 122 valence electrons. The Morgan fingerprint density at radius 2 is 1.76 bits per heavy atom. The zero-order valence-electron chi connectivity index (χ0n) is 12.1. The Hall–Kier alpha value is -1.53. The maximum Gasteiger partial charge on any atom is 0.425 e. The average Bonchev–Trinajstić information content (AvgIpc) is 2.37. The van der Waals surface area contributed by atoms with Gasteiger partial charge in [0.05, 0.1) is 6.61 Å². The van der Waals surface area contributed by atoms with Crippen LogP contribution in [0.25, 0.3) is 0 Å². The molecule has 0 aliphatic rings. The maximum absolute atomic E-state index is 12.1. The second kappa shape index (κ2) is 10.2. The maximum atomic E-state index is 12.1. The van der Waals surface area contributed by atoms with Crippen molar-refractivity contribution in [3.05, 3.63) is 12.7 Å². The van der Waals surface area contributed by atoms with Crippen molar-refractivity contribution in [1.29, 1.82) is 0 Å². The minimum absolute atomic E-state index is 0.0169. The van der Waals surface area contributed by atoms with E-state index in [0.717, 1.165) is 26.2 Å². The van der Waals surface area contributed by atoms with Crippen molar-refractivity contribution in [2.45, 2.75) is 57.7 Å². The van der Waals surface area contributed by atoms with Crippen molar-refractivity contribution in [2.24, 2.45) is 0 Å². The summed E-state index contributed by atoms with van der Waals surface area (Å²) >= 11 is 0. The summed E-state index contributed by atoms with van der Waals surface area (Å²) in [5.41, 5.74) is 0. The van der Waals surface area contributed by atoms with Crippen LogP contribution in [0.1, 0.15) is 45.4 Å². The van der Waals surface area contributed by atoms with E-state index in [0.29, 0.717) is 6.61 Å². The minimum atomic E-state index is -4.57. The van der Waals surface area contributed by atoms with Crippen molar-refractivity contribution in [1.82, 2.24) is 0 Å². The normalized spacial score (nSPS) is 12.6. The molecule has 0 aliphatic carbocycles. The molecular weight excluding hydrogens is 289 g/mol. The van der Waals surface area contributed by atoms with E-state index in [2.05, 4.69) is 11.3 Å². The topological polar surface area (TPSA) is 52.6 Å². The van der Waals surface area contributed by atoms with Crippen LogP contribution in [-0.2, 0) is 19.1 Å². The van der Waals surface area contributed by atoms with Crippen LogP contribution < -0.4 is 0 Å². The predicted molar refractivity (Wildman–Crippen MR) is 70.5 cm³/mol. The molecule has 0 radical (unpaired) electrons. The molecule has 0 spiro atoms. The smallest absolute Gasteiger partial charge is 0.425 e. The van der Waals surface area contributed by atoms with Crippen LogP contribution in [0, 0.1) is 0 Å². The molecule has 0 amide bonds. The van der Waals surface area contributed by atoms with Crippen molar-refractivity contribution in [2.75, 3.05) is 6.61 Å². The molecule has 0 aliphatic heterocycles. The second-order valence-electron chi connectivity index (χ2n) is 4.53. The zero-order chi connectivity index (χ0) is 16.3. The highest BCUT2D eigenvalue weighted by atomic mass is 19.4. The third kappa shape index (κ3) is 10.9. The lowest BCUT2D eigenvalue weighted by Crippen LogP contribution is -2.30. The van der Waals surface area contributed by atoms with Gasteiger partial charge in [-0.2, -0.15) is 13.2 Å². The Morgan fingerprint density at radius 3 is 2.33 bits per heavy atom. The summed E-state index contributed by atoms with van der Waals surface area (Å²) < 4.78 is 45.5. The molecule has 0 saturated carbocycles. The van der Waals surface area contributed by atoms with Crippen molar-refractivity contribution < 1.29 is 32.2 Å². The predicted octanol–water partition coefficient (Wildman–Crippen LogP) is 3.55. The van der Waals surface area contributed by atoms with Crippen LogP contribution in [0.3, 0.4) is 0 Å². The number of hydrogen-bond donors (Lipinski definition) is 0. The third-order valence-electron chi connectivity index (χ3n) is 2.60. The molecular formula is C14H21F3O4. The number of carbonyl (C=O) groups excluding carboxylic acids is 2. The SMILES string of the molecule is C=CCCCCOC(=O)CCCC(=O)OC(C)C(F)(F)F. The standard InChI is InChI=1S/C14H21F3O4/c1-3-4-5-6-10-20-12(18)8-7-9-13(19)21-11(2)14(15,16)17/h3,11H,1,4-10H2,2H3. The van der Waals surface area contributed by atoms with Gasteiger partial charge in [0, 0.05) is 12.8 Å². The number of hydrogen-bond acceptors (Lipinski definition) is 4. The monoisotopic (exact) mass is 310 g/mol. The van der Waals surface area contributed by atoms with Gasteiger partial charge < -0.3 is 9.47 Å². The summed E-state index contributed by atoms with van der Waals surface area (Å²) in [6.07, 6.45) is -2.64. The van der Waals surface area contributed by atoms with E-state index in [9.17, 15) is 22.8 Å². The fraction of sp³-hybridized carbons (Fsp3) is 0.714. The van der Waals surface area contributed by atoms with Gasteiger partial charge in [-0.3, -0.25) is 9.59 Å². The van der Waals surface area contributed by atoms with Gasteiger partial charge in [-0.15, -0.1) is 6.58 Å². The zero-order valence-corrected chi connectivity index (χ0v) is 12.1. The first-order valence-electron chi connectivity index (χ1n) is 6.80. The van der Waals surface area contributed by atoms with Gasteiger partial charge in [-0.1, -0.05) is 6.08 Å². The molecule has 0 aromatic heterocycles. The first kappa shape index (κ1) is 19.5. The lowest BCUT2D eigenvalue weighted by Gasteiger charge is -2.16. The highest BCUT2D eigenvalue weighted by Crippen LogP contribution is 2.22. The minimum Gasteiger partial charge on any atom is -0.466 e. The number of rotatable bonds is 10. The average molecular weight is 310 g/mol. The first-order valence-corrected chi connectivity index (χ1v) is 6.80. The summed E-state index contributed by atoms with van der Waals surface area (Å²) in [6, 6.07) is 0. The largest absolute Gasteiger partial charge is 0.466 e. The summed E-state index contributed by atoms with van der Waals surface area (Å²) in [5, 5.41) is 0. The molecule has 0 fully saturated rings. The van der Waals surface area contributed by atoms with Crippen LogP contribution in [0.2, 0.25) is 0 Å². The molecule has 0 heterocycles. The Bertz CT molecular complexity index is 340. The summed E-state index contributed by atoms with van der Waals surface area (Å²) in [5.74, 6) is -1.44. The molecule has 1 atom stereocenters. The molecule has 0 rings (SSSR count). The summed E-state index contributed by atoms with van der Waals surface area (Å²) in [4.78, 5) is 22.4. The Morgan fingerprint density at radius 1 is 1.14 bits per heavy atom. The van der Waals surface area contributed by atoms with E-state index in [1.54, 1.807) is 6.08 Å². The van der Waals surface area contributed by atoms with E-state index in [4.69, 9.17) is 4.74 Å². The molecule has 0 saturated heterocycles. The number of halogens is 3. The van der Waals surface area contributed by atoms with Crippen LogP contribution in [0.5, 0.6) is 0 Å². The van der Waals surface area contributed by atoms with Crippen LogP contribution in [-0.4, -0.2) is 30.8 Å². The van der Waals surface area contributed by atoms with Gasteiger partial charge in [0.25, 0.3) is 0 Å². The number of unbranched alkanes of at least 4 members (excludes halogenated alkanes) is 2. The van der Waals surface area contributed by atoms with Gasteiger partial charge in [0.15, 0.2) is 6.10 Å². The lowest BCUT2D eigenvalue weighted by atomic mass is 10.2. The lowest BCUT2D eigenvalue weighted by molar-refractivity contribution is -0.216. The fourth-order valence-corrected chi connectivity index (χ4v) is 1.35. The Balaban J connectivity index is 3.66. The molecule has 0 aromatic rings. The van der Waals surface area contributed by atoms with Gasteiger partial charge in [0.1, 0.15) is 0 Å². The highest BCUT2D eigenvalue weighted by molar-refractivity contribution is 5.72. The Kier molecular flexibility index (Phi) is 9.49. The second-order valence-corrected chi connectivity index (χ2v) is 4.53. The van der Waals surface area contributed by atoms with E-state index in [1.807, 2.05) is 0 Å². The summed E-state index contributed by atoms with van der Waals surface area (Å²) in [6.45, 7) is 4.62. The van der Waals surface area contributed by atoms with E-state index in [-0.39, 0.29) is 19.3 Å². The van der Waals surface area contributed by atoms with E-state index >= 15 is 0 Å². The highest BCUT2D eigenvalue weighted by Gasteiger charge is 2.38. The first-order chi connectivity index (χ1) is 9.77. The van der Waals surface area contributed by atoms with Crippen LogP contribution >= 0.6 is 0 Å². The van der Waals surface area contributed by atoms with Gasteiger partial charge in [0.2, 0.25) is 0 Å². The number of allylic oxidation sites excluding steroid dienone is 1. The number of alkyl halides is 3. The van der Waals surface area contributed by atoms with Gasteiger partial charge in [-0.25, -0.2) is 0 Å². The van der Waals surface area contributed by atoms with Crippen molar-refractivity contribution in [3.63, 3.8) is 0 Å². The van der Waals surface area contributed by atoms with Gasteiger partial charge >= 0.3 is 18.1 Å². The van der Waals surface area contributed by atoms with Crippen molar-refractivity contribution in [3.8, 4) is 0 Å². The van der Waals surface area contributed by atoms with Gasteiger partial charge in [-0.05, 0) is 32.6 Å². The Labute approximate surface area is 122 Å². The van der Waals surface area contributed by atoms with E-state index < -0.39 is 24.2 Å². The number of carbonyl (C=O) groups is 2. The number of ether oxygens (including phenoxy) is 2. The third-order valence-corrected chi connectivity index (χ3v) is 2.60. The van der Waals surface area contributed by atoms with Crippen LogP contribution in [0.4, 0.5) is 13.2 Å².